The minimum absolute atomic E-state index is 0.0262. The number of benzene rings is 1. The topological polar surface area (TPSA) is 38.8 Å². The number of ether oxygens (including phenoxy) is 2. The van der Waals surface area contributed by atoms with Crippen LogP contribution in [-0.4, -0.2) is 37.7 Å². The van der Waals surface area contributed by atoms with E-state index in [1.165, 1.54) is 0 Å². The van der Waals surface area contributed by atoms with Gasteiger partial charge >= 0.3 is 0 Å². The Balaban J connectivity index is 2.16. The smallest absolute Gasteiger partial charge is 0.248 e. The maximum Gasteiger partial charge on any atom is 0.248 e. The van der Waals surface area contributed by atoms with Gasteiger partial charge in [0, 0.05) is 23.1 Å². The van der Waals surface area contributed by atoms with Crippen LogP contribution in [0, 0.1) is 0 Å². The summed E-state index contributed by atoms with van der Waals surface area (Å²) in [4.78, 5) is 13.4. The number of carbonyl (C=O) groups is 1. The van der Waals surface area contributed by atoms with Crippen molar-refractivity contribution in [2.45, 2.75) is 6.54 Å². The average Bonchev–Trinajstić information content (AvgIpc) is 2.32. The Labute approximate surface area is 109 Å². The van der Waals surface area contributed by atoms with Crippen LogP contribution in [-0.2, 0) is 16.1 Å². The molecule has 1 aliphatic rings. The maximum absolute atomic E-state index is 11.6. The van der Waals surface area contributed by atoms with Crippen LogP contribution in [0.1, 0.15) is 5.56 Å². The van der Waals surface area contributed by atoms with Crippen molar-refractivity contribution >= 4 is 21.8 Å². The van der Waals surface area contributed by atoms with Crippen molar-refractivity contribution in [2.24, 2.45) is 0 Å². The molecule has 1 amide bonds. The highest BCUT2D eigenvalue weighted by Crippen LogP contribution is 2.24. The molecule has 17 heavy (non-hydrogen) atoms. The molecule has 4 nitrogen and oxygen atoms in total. The van der Waals surface area contributed by atoms with E-state index in [1.54, 1.807) is 12.0 Å². The Bertz CT molecular complexity index is 422. The zero-order valence-corrected chi connectivity index (χ0v) is 11.2. The zero-order valence-electron chi connectivity index (χ0n) is 9.61. The van der Waals surface area contributed by atoms with Crippen LogP contribution in [0.4, 0.5) is 0 Å². The van der Waals surface area contributed by atoms with E-state index in [-0.39, 0.29) is 12.5 Å². The molecule has 0 saturated carbocycles. The third kappa shape index (κ3) is 2.98. The van der Waals surface area contributed by atoms with Crippen LogP contribution in [0.3, 0.4) is 0 Å². The van der Waals surface area contributed by atoms with Crippen LogP contribution in [0.5, 0.6) is 5.75 Å². The van der Waals surface area contributed by atoms with E-state index >= 15 is 0 Å². The number of halogens is 1. The van der Waals surface area contributed by atoms with Crippen molar-refractivity contribution in [2.75, 3.05) is 26.9 Å². The van der Waals surface area contributed by atoms with Crippen LogP contribution in [0.25, 0.3) is 0 Å². The standard InChI is InChI=1S/C12H14BrNO3/c1-16-11-3-2-10(13)6-9(11)7-14-4-5-17-8-12(14)15/h2-3,6H,4-5,7-8H2,1H3. The number of hydrogen-bond donors (Lipinski definition) is 0. The van der Waals surface area contributed by atoms with Gasteiger partial charge in [0.15, 0.2) is 0 Å². The van der Waals surface area contributed by atoms with Gasteiger partial charge in [0.1, 0.15) is 12.4 Å². The van der Waals surface area contributed by atoms with E-state index in [1.807, 2.05) is 18.2 Å². The number of carbonyl (C=O) groups excluding carboxylic acids is 1. The highest BCUT2D eigenvalue weighted by molar-refractivity contribution is 9.10. The van der Waals surface area contributed by atoms with Crippen LogP contribution in [0.2, 0.25) is 0 Å². The van der Waals surface area contributed by atoms with Crippen LogP contribution >= 0.6 is 15.9 Å². The number of rotatable bonds is 3. The summed E-state index contributed by atoms with van der Waals surface area (Å²) in [7, 11) is 1.63. The van der Waals surface area contributed by atoms with Gasteiger partial charge in [-0.3, -0.25) is 4.79 Å². The fourth-order valence-corrected chi connectivity index (χ4v) is 2.20. The first-order chi connectivity index (χ1) is 8.20. The van der Waals surface area contributed by atoms with Gasteiger partial charge in [-0.25, -0.2) is 0 Å². The van der Waals surface area contributed by atoms with Crippen molar-refractivity contribution in [3.63, 3.8) is 0 Å². The molecule has 0 bridgehead atoms. The van der Waals surface area contributed by atoms with E-state index in [9.17, 15) is 4.79 Å². The first kappa shape index (κ1) is 12.4. The molecule has 0 aliphatic carbocycles. The summed E-state index contributed by atoms with van der Waals surface area (Å²) in [6.45, 7) is 1.97. The highest BCUT2D eigenvalue weighted by atomic mass is 79.9. The molecule has 1 aromatic rings. The summed E-state index contributed by atoms with van der Waals surface area (Å²) in [5.74, 6) is 0.825. The lowest BCUT2D eigenvalue weighted by molar-refractivity contribution is -0.143. The lowest BCUT2D eigenvalue weighted by atomic mass is 10.2. The molecule has 1 aliphatic heterocycles. The Kier molecular flexibility index (Phi) is 4.02. The van der Waals surface area contributed by atoms with Gasteiger partial charge in [-0.2, -0.15) is 0 Å². The van der Waals surface area contributed by atoms with E-state index in [2.05, 4.69) is 15.9 Å². The molecule has 0 aromatic heterocycles. The normalized spacial score (nSPS) is 16.1. The number of amides is 1. The number of nitrogens with zero attached hydrogens (tertiary/aromatic N) is 1. The molecule has 5 heteroatoms. The van der Waals surface area contributed by atoms with Gasteiger partial charge in [-0.15, -0.1) is 0 Å². The van der Waals surface area contributed by atoms with E-state index in [0.29, 0.717) is 19.7 Å². The fraction of sp³-hybridized carbons (Fsp3) is 0.417. The lowest BCUT2D eigenvalue weighted by Gasteiger charge is -2.27. The highest BCUT2D eigenvalue weighted by Gasteiger charge is 2.19. The van der Waals surface area contributed by atoms with E-state index in [4.69, 9.17) is 9.47 Å². The summed E-state index contributed by atoms with van der Waals surface area (Å²) in [5, 5.41) is 0. The number of hydrogen-bond acceptors (Lipinski definition) is 3. The van der Waals surface area contributed by atoms with Crippen LogP contribution in [0.15, 0.2) is 22.7 Å². The molecular weight excluding hydrogens is 286 g/mol. The van der Waals surface area contributed by atoms with Crippen molar-refractivity contribution in [3.8, 4) is 5.75 Å². The first-order valence-electron chi connectivity index (χ1n) is 5.38. The molecule has 1 saturated heterocycles. The summed E-state index contributed by atoms with van der Waals surface area (Å²) >= 11 is 3.42. The zero-order chi connectivity index (χ0) is 12.3. The van der Waals surface area contributed by atoms with Gasteiger partial charge in [-0.1, -0.05) is 15.9 Å². The lowest BCUT2D eigenvalue weighted by Crippen LogP contribution is -2.40. The Morgan fingerprint density at radius 2 is 2.35 bits per heavy atom. The van der Waals surface area contributed by atoms with Gasteiger partial charge in [0.25, 0.3) is 0 Å². The molecule has 0 atom stereocenters. The van der Waals surface area contributed by atoms with Crippen molar-refractivity contribution < 1.29 is 14.3 Å². The molecule has 2 rings (SSSR count). The van der Waals surface area contributed by atoms with Crippen LogP contribution < -0.4 is 4.74 Å². The second-order valence-electron chi connectivity index (χ2n) is 3.82. The Hall–Kier alpha value is -1.07. The SMILES string of the molecule is COc1ccc(Br)cc1CN1CCOCC1=O. The van der Waals surface area contributed by atoms with E-state index < -0.39 is 0 Å². The molecule has 1 heterocycles. The second kappa shape index (κ2) is 5.51. The second-order valence-corrected chi connectivity index (χ2v) is 4.74. The van der Waals surface area contributed by atoms with Gasteiger partial charge in [0.05, 0.1) is 13.7 Å². The molecule has 0 spiro atoms. The fourth-order valence-electron chi connectivity index (χ4n) is 1.79. The van der Waals surface area contributed by atoms with Crippen molar-refractivity contribution in [3.05, 3.63) is 28.2 Å². The maximum atomic E-state index is 11.6. The Morgan fingerprint density at radius 1 is 1.53 bits per heavy atom. The molecule has 1 aromatic carbocycles. The third-order valence-electron chi connectivity index (χ3n) is 2.69. The molecule has 0 radical (unpaired) electrons. The molecule has 1 fully saturated rings. The number of methoxy groups -OCH3 is 1. The van der Waals surface area contributed by atoms with Gasteiger partial charge in [0.2, 0.25) is 5.91 Å². The molecule has 0 unspecified atom stereocenters. The number of morpholine rings is 1. The van der Waals surface area contributed by atoms with Crippen molar-refractivity contribution in [1.29, 1.82) is 0 Å². The average molecular weight is 300 g/mol. The molecule has 92 valence electrons. The molecular formula is C12H14BrNO3. The molecule has 0 N–H and O–H groups in total. The summed E-state index contributed by atoms with van der Waals surface area (Å²) in [6, 6.07) is 5.79. The predicted octanol–water partition coefficient (Wildman–Crippen LogP) is 1.82. The summed E-state index contributed by atoms with van der Waals surface area (Å²) in [6.07, 6.45) is 0. The van der Waals surface area contributed by atoms with E-state index in [0.717, 1.165) is 15.8 Å². The Morgan fingerprint density at radius 3 is 3.06 bits per heavy atom. The summed E-state index contributed by atoms with van der Waals surface area (Å²) in [5.41, 5.74) is 0.997. The van der Waals surface area contributed by atoms with Crippen molar-refractivity contribution in [1.82, 2.24) is 4.90 Å². The quantitative estimate of drug-likeness (QED) is 0.854. The minimum Gasteiger partial charge on any atom is -0.496 e. The minimum atomic E-state index is 0.0262. The predicted molar refractivity (Wildman–Crippen MR) is 66.9 cm³/mol. The monoisotopic (exact) mass is 299 g/mol. The first-order valence-corrected chi connectivity index (χ1v) is 6.18. The summed E-state index contributed by atoms with van der Waals surface area (Å²) < 4.78 is 11.4. The third-order valence-corrected chi connectivity index (χ3v) is 3.18. The van der Waals surface area contributed by atoms with Gasteiger partial charge < -0.3 is 14.4 Å². The van der Waals surface area contributed by atoms with Gasteiger partial charge in [-0.05, 0) is 18.2 Å². The largest absolute Gasteiger partial charge is 0.496 e.